The van der Waals surface area contributed by atoms with Crippen LogP contribution in [0.5, 0.6) is 5.88 Å². The Morgan fingerprint density at radius 3 is 2.69 bits per heavy atom. The van der Waals surface area contributed by atoms with Crippen LogP contribution < -0.4 is 4.74 Å². The summed E-state index contributed by atoms with van der Waals surface area (Å²) in [5.41, 5.74) is 4.37. The van der Waals surface area contributed by atoms with E-state index < -0.39 is 0 Å². The minimum atomic E-state index is -0.142. The molecule has 3 aromatic rings. The molecule has 3 rings (SSSR count). The summed E-state index contributed by atoms with van der Waals surface area (Å²) in [6, 6.07) is 6.11. The summed E-state index contributed by atoms with van der Waals surface area (Å²) in [5.74, 6) is 1.77. The van der Waals surface area contributed by atoms with Crippen LogP contribution >= 0.6 is 11.8 Å². The van der Waals surface area contributed by atoms with Gasteiger partial charge in [-0.15, -0.1) is 11.8 Å². The summed E-state index contributed by atoms with van der Waals surface area (Å²) < 4.78 is 13.3. The molecule has 0 aliphatic carbocycles. The summed E-state index contributed by atoms with van der Waals surface area (Å²) in [5, 5.41) is 4.76. The van der Waals surface area contributed by atoms with E-state index in [2.05, 4.69) is 38.7 Å². The summed E-state index contributed by atoms with van der Waals surface area (Å²) in [4.78, 5) is 22.7. The summed E-state index contributed by atoms with van der Waals surface area (Å²) in [6.45, 7) is 13.7. The lowest BCUT2D eigenvalue weighted by Crippen LogP contribution is -2.07. The van der Waals surface area contributed by atoms with E-state index in [-0.39, 0.29) is 12.0 Å². The summed E-state index contributed by atoms with van der Waals surface area (Å²) >= 11 is 1.64. The van der Waals surface area contributed by atoms with E-state index >= 15 is 0 Å². The third kappa shape index (κ3) is 7.45. The molecule has 3 heterocycles. The third-order valence-electron chi connectivity index (χ3n) is 5.86. The van der Waals surface area contributed by atoms with Crippen molar-refractivity contribution in [2.24, 2.45) is 5.92 Å². The molecule has 0 fully saturated rings. The van der Waals surface area contributed by atoms with Crippen LogP contribution in [0.15, 0.2) is 29.3 Å². The van der Waals surface area contributed by atoms with Gasteiger partial charge in [-0.25, -0.2) is 9.97 Å². The standard InChI is InChI=1S/C28H40N4O3S/c1-7-34-28-22(13-11-15-29-28)23-18-24(27-26(30-23)21(6)31-32(27)20(4)5)36-17-14-25(33)35-16-10-8-9-12-19(2)3/h11,13,15,18-20H,7-10,12,14,16-17H2,1-6H3. The van der Waals surface area contributed by atoms with Crippen LogP contribution in [0.25, 0.3) is 22.3 Å². The van der Waals surface area contributed by atoms with E-state index in [0.717, 1.165) is 51.6 Å². The van der Waals surface area contributed by atoms with Crippen LogP contribution in [-0.2, 0) is 9.53 Å². The first-order chi connectivity index (χ1) is 17.3. The highest BCUT2D eigenvalue weighted by atomic mass is 32.2. The number of thioether (sulfide) groups is 1. The molecule has 3 aromatic heterocycles. The molecule has 0 aliphatic heterocycles. The van der Waals surface area contributed by atoms with Crippen molar-refractivity contribution in [3.63, 3.8) is 0 Å². The Labute approximate surface area is 219 Å². The van der Waals surface area contributed by atoms with Gasteiger partial charge in [0.25, 0.3) is 0 Å². The van der Waals surface area contributed by atoms with Gasteiger partial charge in [-0.1, -0.05) is 33.1 Å². The van der Waals surface area contributed by atoms with Crippen molar-refractivity contribution in [3.8, 4) is 17.1 Å². The van der Waals surface area contributed by atoms with Gasteiger partial charge in [-0.3, -0.25) is 9.48 Å². The average Bonchev–Trinajstić information content (AvgIpc) is 3.18. The van der Waals surface area contributed by atoms with Crippen molar-refractivity contribution in [1.29, 1.82) is 0 Å². The SMILES string of the molecule is CCOc1ncccc1-c1cc(SCCC(=O)OCCCCCC(C)C)c2c(n1)c(C)nn2C(C)C. The number of nitrogens with zero attached hydrogens (tertiary/aromatic N) is 4. The van der Waals surface area contributed by atoms with Crippen LogP contribution in [0, 0.1) is 12.8 Å². The lowest BCUT2D eigenvalue weighted by atomic mass is 10.1. The molecule has 0 radical (unpaired) electrons. The van der Waals surface area contributed by atoms with Gasteiger partial charge >= 0.3 is 5.97 Å². The average molecular weight is 513 g/mol. The minimum absolute atomic E-state index is 0.142. The van der Waals surface area contributed by atoms with E-state index in [4.69, 9.17) is 19.6 Å². The molecule has 0 aromatic carbocycles. The zero-order valence-electron chi connectivity index (χ0n) is 22.5. The van der Waals surface area contributed by atoms with Crippen LogP contribution in [0.3, 0.4) is 0 Å². The zero-order valence-corrected chi connectivity index (χ0v) is 23.4. The van der Waals surface area contributed by atoms with Crippen LogP contribution in [0.4, 0.5) is 0 Å². The molecule has 0 spiro atoms. The van der Waals surface area contributed by atoms with E-state index in [1.54, 1.807) is 18.0 Å². The maximum absolute atomic E-state index is 12.3. The Bertz CT molecular complexity index is 1140. The Morgan fingerprint density at radius 2 is 1.97 bits per heavy atom. The predicted octanol–water partition coefficient (Wildman–Crippen LogP) is 7.02. The topological polar surface area (TPSA) is 79.1 Å². The number of hydrogen-bond donors (Lipinski definition) is 0. The van der Waals surface area contributed by atoms with Crippen LogP contribution in [0.2, 0.25) is 0 Å². The molecule has 196 valence electrons. The number of pyridine rings is 2. The first kappa shape index (κ1) is 28.0. The largest absolute Gasteiger partial charge is 0.477 e. The van der Waals surface area contributed by atoms with Crippen molar-refractivity contribution in [3.05, 3.63) is 30.1 Å². The maximum atomic E-state index is 12.3. The first-order valence-electron chi connectivity index (χ1n) is 13.1. The predicted molar refractivity (Wildman–Crippen MR) is 147 cm³/mol. The highest BCUT2D eigenvalue weighted by molar-refractivity contribution is 7.99. The summed E-state index contributed by atoms with van der Waals surface area (Å²) in [7, 11) is 0. The maximum Gasteiger partial charge on any atom is 0.306 e. The fourth-order valence-corrected chi connectivity index (χ4v) is 5.05. The Hall–Kier alpha value is -2.61. The highest BCUT2D eigenvalue weighted by Crippen LogP contribution is 2.36. The second-order valence-corrected chi connectivity index (χ2v) is 10.8. The molecule has 0 atom stereocenters. The molecule has 0 aliphatic rings. The Morgan fingerprint density at radius 1 is 1.17 bits per heavy atom. The van der Waals surface area contributed by atoms with Crippen LogP contribution in [-0.4, -0.2) is 44.7 Å². The smallest absolute Gasteiger partial charge is 0.306 e. The molecule has 8 heteroatoms. The Balaban J connectivity index is 1.75. The molecule has 36 heavy (non-hydrogen) atoms. The molecule has 0 saturated heterocycles. The molecular weight excluding hydrogens is 472 g/mol. The van der Waals surface area contributed by atoms with Crippen molar-refractivity contribution >= 4 is 28.8 Å². The third-order valence-corrected chi connectivity index (χ3v) is 6.89. The van der Waals surface area contributed by atoms with Gasteiger partial charge in [-0.05, 0) is 58.2 Å². The number of ether oxygens (including phenoxy) is 2. The normalized spacial score (nSPS) is 11.6. The van der Waals surface area contributed by atoms with Gasteiger partial charge < -0.3 is 9.47 Å². The number of esters is 1. The monoisotopic (exact) mass is 512 g/mol. The van der Waals surface area contributed by atoms with Gasteiger partial charge in [-0.2, -0.15) is 5.10 Å². The molecule has 0 bridgehead atoms. The van der Waals surface area contributed by atoms with Crippen LogP contribution in [0.1, 0.15) is 78.5 Å². The van der Waals surface area contributed by atoms with Gasteiger partial charge in [0.1, 0.15) is 11.0 Å². The van der Waals surface area contributed by atoms with Gasteiger partial charge in [0, 0.05) is 22.9 Å². The van der Waals surface area contributed by atoms with Crippen molar-refractivity contribution in [2.75, 3.05) is 19.0 Å². The number of aryl methyl sites for hydroxylation is 1. The second kappa shape index (κ2) is 13.6. The minimum Gasteiger partial charge on any atom is -0.477 e. The van der Waals surface area contributed by atoms with Crippen molar-refractivity contribution < 1.29 is 14.3 Å². The number of fused-ring (bicyclic) bond motifs is 1. The molecule has 0 saturated carbocycles. The fourth-order valence-electron chi connectivity index (χ4n) is 4.04. The van der Waals surface area contributed by atoms with E-state index in [9.17, 15) is 4.79 Å². The van der Waals surface area contributed by atoms with Crippen molar-refractivity contribution in [2.45, 2.75) is 84.6 Å². The molecule has 7 nitrogen and oxygen atoms in total. The summed E-state index contributed by atoms with van der Waals surface area (Å²) in [6.07, 6.45) is 6.54. The highest BCUT2D eigenvalue weighted by Gasteiger charge is 2.20. The van der Waals surface area contributed by atoms with Gasteiger partial charge in [0.2, 0.25) is 5.88 Å². The van der Waals surface area contributed by atoms with Crippen molar-refractivity contribution in [1.82, 2.24) is 19.7 Å². The lowest BCUT2D eigenvalue weighted by molar-refractivity contribution is -0.143. The van der Waals surface area contributed by atoms with Gasteiger partial charge in [0.05, 0.1) is 36.6 Å². The number of unbranched alkanes of at least 4 members (excludes halogenated alkanes) is 2. The number of carbonyl (C=O) groups excluding carboxylic acids is 1. The number of carbonyl (C=O) groups is 1. The number of hydrogen-bond acceptors (Lipinski definition) is 7. The zero-order chi connectivity index (χ0) is 26.1. The second-order valence-electron chi connectivity index (χ2n) is 9.68. The molecule has 0 unspecified atom stereocenters. The molecule has 0 N–H and O–H groups in total. The molecular formula is C28H40N4O3S. The first-order valence-corrected chi connectivity index (χ1v) is 14.1. The fraction of sp³-hybridized carbons (Fsp3) is 0.571. The number of aromatic nitrogens is 4. The lowest BCUT2D eigenvalue weighted by Gasteiger charge is -2.13. The number of rotatable bonds is 14. The van der Waals surface area contributed by atoms with E-state index in [1.165, 1.54) is 12.8 Å². The van der Waals surface area contributed by atoms with Gasteiger partial charge in [0.15, 0.2) is 0 Å². The van der Waals surface area contributed by atoms with E-state index in [1.807, 2.05) is 30.7 Å². The molecule has 0 amide bonds. The Kier molecular flexibility index (Phi) is 10.6. The quantitative estimate of drug-likeness (QED) is 0.130. The van der Waals surface area contributed by atoms with E-state index in [0.29, 0.717) is 31.3 Å².